The summed E-state index contributed by atoms with van der Waals surface area (Å²) in [5.41, 5.74) is 5.66. The van der Waals surface area contributed by atoms with Gasteiger partial charge in [-0.1, -0.05) is 18.0 Å². The minimum Gasteiger partial charge on any atom is -0.339 e. The molecule has 2 saturated carbocycles. The third kappa shape index (κ3) is 2.61. The number of aryl methyl sites for hydroxylation is 1. The van der Waals surface area contributed by atoms with Gasteiger partial charge in [0, 0.05) is 6.42 Å². The van der Waals surface area contributed by atoms with Crippen LogP contribution in [0.4, 0.5) is 0 Å². The summed E-state index contributed by atoms with van der Waals surface area (Å²) in [6.07, 6.45) is 6.73. The number of nitrogens with zero attached hydrogens (tertiary/aromatic N) is 2. The van der Waals surface area contributed by atoms with Crippen LogP contribution in [0.5, 0.6) is 0 Å². The zero-order valence-corrected chi connectivity index (χ0v) is 12.4. The lowest BCUT2D eigenvalue weighted by atomic mass is 9.77. The van der Waals surface area contributed by atoms with Crippen LogP contribution in [0.25, 0.3) is 0 Å². The predicted molar refractivity (Wildman–Crippen MR) is 73.8 cm³/mol. The van der Waals surface area contributed by atoms with Crippen LogP contribution in [0.2, 0.25) is 0 Å². The van der Waals surface area contributed by atoms with Crippen molar-refractivity contribution in [3.05, 3.63) is 11.7 Å². The van der Waals surface area contributed by atoms with Gasteiger partial charge in [0.25, 0.3) is 0 Å². The van der Waals surface area contributed by atoms with Crippen LogP contribution < -0.4 is 5.73 Å². The molecule has 0 aromatic carbocycles. The smallest absolute Gasteiger partial charge is 0.227 e. The fourth-order valence-corrected chi connectivity index (χ4v) is 4.83. The van der Waals surface area contributed by atoms with Crippen molar-refractivity contribution >= 4 is 9.84 Å². The summed E-state index contributed by atoms with van der Waals surface area (Å²) in [6, 6.07) is 0. The van der Waals surface area contributed by atoms with E-state index in [0.29, 0.717) is 18.1 Å². The quantitative estimate of drug-likeness (QED) is 0.880. The Balaban J connectivity index is 1.61. The molecule has 0 atom stereocenters. The number of rotatable bonds is 5. The van der Waals surface area contributed by atoms with E-state index >= 15 is 0 Å². The molecule has 6 nitrogen and oxygen atoms in total. The normalized spacial score (nSPS) is 22.9. The Morgan fingerprint density at radius 3 is 2.55 bits per heavy atom. The first-order valence-corrected chi connectivity index (χ1v) is 9.05. The van der Waals surface area contributed by atoms with Gasteiger partial charge in [-0.3, -0.25) is 0 Å². The van der Waals surface area contributed by atoms with Crippen LogP contribution in [-0.2, 0) is 21.8 Å². The first kappa shape index (κ1) is 14.0. The molecule has 112 valence electrons. The molecule has 2 fully saturated rings. The summed E-state index contributed by atoms with van der Waals surface area (Å²) in [6.45, 7) is 0. The van der Waals surface area contributed by atoms with Crippen LogP contribution >= 0.6 is 0 Å². The highest BCUT2D eigenvalue weighted by Gasteiger charge is 2.39. The molecular formula is C13H21N3O3S. The van der Waals surface area contributed by atoms with Gasteiger partial charge in [-0.25, -0.2) is 8.42 Å². The first-order valence-electron chi connectivity index (χ1n) is 7.33. The van der Waals surface area contributed by atoms with Gasteiger partial charge in [0.15, 0.2) is 15.7 Å². The molecule has 2 aliphatic rings. The Bertz CT molecular complexity index is 571. The summed E-state index contributed by atoms with van der Waals surface area (Å²) in [7, 11) is -3.04. The van der Waals surface area contributed by atoms with E-state index in [2.05, 4.69) is 10.1 Å². The Morgan fingerprint density at radius 2 is 1.95 bits per heavy atom. The van der Waals surface area contributed by atoms with E-state index in [9.17, 15) is 8.42 Å². The van der Waals surface area contributed by atoms with Gasteiger partial charge in [0.05, 0.1) is 16.5 Å². The lowest BCUT2D eigenvalue weighted by Gasteiger charge is -2.34. The predicted octanol–water partition coefficient (Wildman–Crippen LogP) is 1.31. The van der Waals surface area contributed by atoms with E-state index in [1.807, 2.05) is 0 Å². The van der Waals surface area contributed by atoms with Crippen LogP contribution in [0.1, 0.15) is 56.7 Å². The van der Waals surface area contributed by atoms with E-state index in [4.69, 9.17) is 10.3 Å². The van der Waals surface area contributed by atoms with Crippen molar-refractivity contribution in [2.24, 2.45) is 5.73 Å². The van der Waals surface area contributed by atoms with E-state index in [1.165, 1.54) is 0 Å². The number of sulfone groups is 1. The molecule has 2 aliphatic carbocycles. The second-order valence-corrected chi connectivity index (χ2v) is 8.45. The van der Waals surface area contributed by atoms with Crippen LogP contribution in [0, 0.1) is 0 Å². The van der Waals surface area contributed by atoms with Gasteiger partial charge < -0.3 is 10.3 Å². The molecule has 7 heteroatoms. The zero-order valence-electron chi connectivity index (χ0n) is 11.5. The van der Waals surface area contributed by atoms with Gasteiger partial charge in [0.2, 0.25) is 5.89 Å². The second kappa shape index (κ2) is 5.11. The Hall–Kier alpha value is -0.950. The molecular weight excluding hydrogens is 278 g/mol. The topological polar surface area (TPSA) is 99.1 Å². The Labute approximate surface area is 119 Å². The van der Waals surface area contributed by atoms with Crippen molar-refractivity contribution in [1.82, 2.24) is 10.1 Å². The summed E-state index contributed by atoms with van der Waals surface area (Å²) in [5.74, 6) is 1.01. The van der Waals surface area contributed by atoms with Crippen molar-refractivity contribution in [3.8, 4) is 0 Å². The molecule has 0 bridgehead atoms. The monoisotopic (exact) mass is 299 g/mol. The average molecular weight is 299 g/mol. The van der Waals surface area contributed by atoms with Gasteiger partial charge in [0.1, 0.15) is 0 Å². The van der Waals surface area contributed by atoms with Gasteiger partial charge >= 0.3 is 0 Å². The van der Waals surface area contributed by atoms with E-state index in [0.717, 1.165) is 44.9 Å². The molecule has 0 saturated heterocycles. The van der Waals surface area contributed by atoms with Gasteiger partial charge in [-0.05, 0) is 32.1 Å². The number of nitrogens with two attached hydrogens (primary N) is 1. The summed E-state index contributed by atoms with van der Waals surface area (Å²) >= 11 is 0. The van der Waals surface area contributed by atoms with Crippen LogP contribution in [-0.4, -0.2) is 29.6 Å². The Morgan fingerprint density at radius 1 is 1.25 bits per heavy atom. The standard InChI is InChI=1S/C13H21N3O3S/c14-13(7-3-8-13)12-15-11(19-16-12)6-9-20(17,18)10-4-1-2-5-10/h10H,1-9,14H2. The summed E-state index contributed by atoms with van der Waals surface area (Å²) < 4.78 is 29.5. The SMILES string of the molecule is NC1(c2noc(CCS(=O)(=O)C3CCCC3)n2)CCC1. The molecule has 0 aliphatic heterocycles. The van der Waals surface area contributed by atoms with E-state index < -0.39 is 15.4 Å². The molecule has 1 aromatic heterocycles. The molecule has 20 heavy (non-hydrogen) atoms. The summed E-state index contributed by atoms with van der Waals surface area (Å²) in [4.78, 5) is 4.27. The van der Waals surface area contributed by atoms with Crippen molar-refractivity contribution in [2.45, 2.75) is 62.2 Å². The lowest BCUT2D eigenvalue weighted by molar-refractivity contribution is 0.229. The fourth-order valence-electron chi connectivity index (χ4n) is 2.98. The Kier molecular flexibility index (Phi) is 3.58. The van der Waals surface area contributed by atoms with Gasteiger partial charge in [-0.2, -0.15) is 4.98 Å². The highest BCUT2D eigenvalue weighted by Crippen LogP contribution is 2.36. The highest BCUT2D eigenvalue weighted by atomic mass is 32.2. The van der Waals surface area contributed by atoms with Crippen molar-refractivity contribution < 1.29 is 12.9 Å². The second-order valence-electron chi connectivity index (χ2n) is 6.04. The molecule has 0 radical (unpaired) electrons. The maximum atomic E-state index is 12.2. The summed E-state index contributed by atoms with van der Waals surface area (Å²) in [5, 5.41) is 3.73. The largest absolute Gasteiger partial charge is 0.339 e. The molecule has 1 heterocycles. The number of aromatic nitrogens is 2. The minimum atomic E-state index is -3.04. The first-order chi connectivity index (χ1) is 9.50. The zero-order chi connectivity index (χ0) is 14.2. The highest BCUT2D eigenvalue weighted by molar-refractivity contribution is 7.92. The van der Waals surface area contributed by atoms with Crippen LogP contribution in [0.15, 0.2) is 4.52 Å². The molecule has 2 N–H and O–H groups in total. The van der Waals surface area contributed by atoms with E-state index in [-0.39, 0.29) is 11.0 Å². The van der Waals surface area contributed by atoms with Gasteiger partial charge in [-0.15, -0.1) is 0 Å². The third-order valence-corrected chi connectivity index (χ3v) is 6.83. The third-order valence-electron chi connectivity index (χ3n) is 4.57. The van der Waals surface area contributed by atoms with E-state index in [1.54, 1.807) is 0 Å². The fraction of sp³-hybridized carbons (Fsp3) is 0.846. The average Bonchev–Trinajstić information content (AvgIpc) is 3.05. The van der Waals surface area contributed by atoms with Crippen LogP contribution in [0.3, 0.4) is 0 Å². The van der Waals surface area contributed by atoms with Crippen molar-refractivity contribution in [2.75, 3.05) is 5.75 Å². The molecule has 0 unspecified atom stereocenters. The van der Waals surface area contributed by atoms with Crippen molar-refractivity contribution in [1.29, 1.82) is 0 Å². The molecule has 3 rings (SSSR count). The number of hydrogen-bond acceptors (Lipinski definition) is 6. The minimum absolute atomic E-state index is 0.0941. The molecule has 1 aromatic rings. The maximum absolute atomic E-state index is 12.2. The van der Waals surface area contributed by atoms with Crippen molar-refractivity contribution in [3.63, 3.8) is 0 Å². The maximum Gasteiger partial charge on any atom is 0.227 e. The molecule has 0 amide bonds. The number of hydrogen-bond donors (Lipinski definition) is 1. The molecule has 0 spiro atoms. The lowest BCUT2D eigenvalue weighted by Crippen LogP contribution is -2.44.